The highest BCUT2D eigenvalue weighted by Crippen LogP contribution is 2.32. The van der Waals surface area contributed by atoms with Crippen LogP contribution in [0.5, 0.6) is 11.5 Å². The van der Waals surface area contributed by atoms with Gasteiger partial charge in [-0.15, -0.1) is 0 Å². The molecule has 0 aliphatic carbocycles. The van der Waals surface area contributed by atoms with Crippen LogP contribution in [-0.4, -0.2) is 40.8 Å². The second-order valence-corrected chi connectivity index (χ2v) is 8.30. The lowest BCUT2D eigenvalue weighted by Gasteiger charge is -2.29. The van der Waals surface area contributed by atoms with Crippen LogP contribution in [0.3, 0.4) is 0 Å². The molecule has 2 aromatic carbocycles. The molecular weight excluding hydrogens is 380 g/mol. The van der Waals surface area contributed by atoms with Crippen LogP contribution in [0.2, 0.25) is 0 Å². The number of aryl methyl sites for hydroxylation is 1. The van der Waals surface area contributed by atoms with Gasteiger partial charge in [0.05, 0.1) is 26.2 Å². The predicted octanol–water partition coefficient (Wildman–Crippen LogP) is 2.48. The topological polar surface area (TPSA) is 84.9 Å². The van der Waals surface area contributed by atoms with Gasteiger partial charge in [0.15, 0.2) is 0 Å². The maximum Gasteiger partial charge on any atom is 0.243 e. The number of amides is 1. The molecule has 7 nitrogen and oxygen atoms in total. The average molecular weight is 407 g/mol. The largest absolute Gasteiger partial charge is 0.496 e. The summed E-state index contributed by atoms with van der Waals surface area (Å²) in [5, 5.41) is 2.78. The van der Waals surface area contributed by atoms with Crippen LogP contribution in [0.1, 0.15) is 18.1 Å². The van der Waals surface area contributed by atoms with E-state index in [0.29, 0.717) is 17.2 Å². The number of carbonyl (C=O) groups excluding carboxylic acids is 1. The van der Waals surface area contributed by atoms with Crippen molar-refractivity contribution in [1.29, 1.82) is 0 Å². The van der Waals surface area contributed by atoms with E-state index in [2.05, 4.69) is 5.32 Å². The third-order valence-electron chi connectivity index (χ3n) is 4.31. The Labute approximate surface area is 166 Å². The summed E-state index contributed by atoms with van der Waals surface area (Å²) < 4.78 is 36.7. The fraction of sp³-hybridized carbons (Fsp3) is 0.350. The van der Waals surface area contributed by atoms with E-state index in [1.54, 1.807) is 32.2 Å². The van der Waals surface area contributed by atoms with Crippen molar-refractivity contribution in [3.8, 4) is 11.5 Å². The first-order valence-corrected chi connectivity index (χ1v) is 10.6. The second kappa shape index (κ2) is 8.97. The van der Waals surface area contributed by atoms with Gasteiger partial charge in [0.2, 0.25) is 15.9 Å². The molecule has 2 aromatic rings. The van der Waals surface area contributed by atoms with E-state index in [4.69, 9.17) is 9.47 Å². The SMILES string of the molecule is COc1ccccc1CNC(=O)C(C)N(c1cc(C)ccc1OC)S(C)(=O)=O. The highest BCUT2D eigenvalue weighted by Gasteiger charge is 2.31. The Bertz CT molecular complexity index is 943. The zero-order chi connectivity index (χ0) is 20.9. The minimum absolute atomic E-state index is 0.218. The Morgan fingerprint density at radius 2 is 1.75 bits per heavy atom. The van der Waals surface area contributed by atoms with Crippen LogP contribution >= 0.6 is 0 Å². The molecule has 0 fully saturated rings. The zero-order valence-corrected chi connectivity index (χ0v) is 17.5. The summed E-state index contributed by atoms with van der Waals surface area (Å²) >= 11 is 0. The van der Waals surface area contributed by atoms with Gasteiger partial charge in [-0.05, 0) is 37.6 Å². The molecule has 0 aromatic heterocycles. The lowest BCUT2D eigenvalue weighted by atomic mass is 10.1. The molecule has 1 amide bonds. The molecule has 0 aliphatic rings. The average Bonchev–Trinajstić information content (AvgIpc) is 2.65. The van der Waals surface area contributed by atoms with Gasteiger partial charge in [-0.3, -0.25) is 9.10 Å². The Balaban J connectivity index is 2.30. The molecule has 28 heavy (non-hydrogen) atoms. The van der Waals surface area contributed by atoms with Crippen molar-refractivity contribution >= 4 is 21.6 Å². The van der Waals surface area contributed by atoms with Crippen LogP contribution < -0.4 is 19.1 Å². The highest BCUT2D eigenvalue weighted by atomic mass is 32.2. The van der Waals surface area contributed by atoms with Crippen molar-refractivity contribution < 1.29 is 22.7 Å². The highest BCUT2D eigenvalue weighted by molar-refractivity contribution is 7.92. The molecule has 0 saturated carbocycles. The number of benzene rings is 2. The van der Waals surface area contributed by atoms with Crippen molar-refractivity contribution in [3.63, 3.8) is 0 Å². The number of methoxy groups -OCH3 is 2. The fourth-order valence-corrected chi connectivity index (χ4v) is 4.10. The second-order valence-electron chi connectivity index (χ2n) is 6.44. The van der Waals surface area contributed by atoms with Gasteiger partial charge in [-0.2, -0.15) is 0 Å². The molecule has 0 radical (unpaired) electrons. The molecule has 0 heterocycles. The van der Waals surface area contributed by atoms with Crippen LogP contribution in [-0.2, 0) is 21.4 Å². The summed E-state index contributed by atoms with van der Waals surface area (Å²) in [7, 11) is -0.726. The van der Waals surface area contributed by atoms with E-state index >= 15 is 0 Å². The molecule has 0 bridgehead atoms. The number of carbonyl (C=O) groups is 1. The standard InChI is InChI=1S/C20H26N2O5S/c1-14-10-11-19(27-4)17(12-14)22(28(5,24)25)15(2)20(23)21-13-16-8-6-7-9-18(16)26-3/h6-12,15H,13H2,1-5H3,(H,21,23). The van der Waals surface area contributed by atoms with Gasteiger partial charge in [0.1, 0.15) is 17.5 Å². The minimum Gasteiger partial charge on any atom is -0.496 e. The minimum atomic E-state index is -3.74. The lowest BCUT2D eigenvalue weighted by molar-refractivity contribution is -0.122. The lowest BCUT2D eigenvalue weighted by Crippen LogP contribution is -2.47. The quantitative estimate of drug-likeness (QED) is 0.728. The predicted molar refractivity (Wildman–Crippen MR) is 109 cm³/mol. The van der Waals surface area contributed by atoms with Gasteiger partial charge in [-0.1, -0.05) is 24.3 Å². The Morgan fingerprint density at radius 1 is 1.11 bits per heavy atom. The number of hydrogen-bond acceptors (Lipinski definition) is 5. The molecule has 0 spiro atoms. The van der Waals surface area contributed by atoms with E-state index < -0.39 is 22.0 Å². The summed E-state index contributed by atoms with van der Waals surface area (Å²) in [6.45, 7) is 3.60. The first-order valence-electron chi connectivity index (χ1n) is 8.72. The summed E-state index contributed by atoms with van der Waals surface area (Å²) in [6.07, 6.45) is 1.07. The number of nitrogens with zero attached hydrogens (tertiary/aromatic N) is 1. The third-order valence-corrected chi connectivity index (χ3v) is 5.53. The molecule has 1 N–H and O–H groups in total. The zero-order valence-electron chi connectivity index (χ0n) is 16.7. The van der Waals surface area contributed by atoms with Crippen LogP contribution in [0, 0.1) is 6.92 Å². The number of hydrogen-bond donors (Lipinski definition) is 1. The van der Waals surface area contributed by atoms with Gasteiger partial charge in [0, 0.05) is 12.1 Å². The van der Waals surface area contributed by atoms with E-state index in [0.717, 1.165) is 21.7 Å². The van der Waals surface area contributed by atoms with Crippen LogP contribution in [0.25, 0.3) is 0 Å². The van der Waals surface area contributed by atoms with E-state index in [9.17, 15) is 13.2 Å². The smallest absolute Gasteiger partial charge is 0.243 e. The Hall–Kier alpha value is -2.74. The normalized spacial score (nSPS) is 12.2. The number of rotatable bonds is 8. The van der Waals surface area contributed by atoms with Gasteiger partial charge >= 0.3 is 0 Å². The van der Waals surface area contributed by atoms with Crippen molar-refractivity contribution in [2.75, 3.05) is 24.8 Å². The maximum atomic E-state index is 12.8. The maximum absolute atomic E-state index is 12.8. The van der Waals surface area contributed by atoms with Gasteiger partial charge < -0.3 is 14.8 Å². The molecule has 0 aliphatic heterocycles. The molecule has 1 unspecified atom stereocenters. The van der Waals surface area contributed by atoms with Gasteiger partial charge in [-0.25, -0.2) is 8.42 Å². The molecule has 8 heteroatoms. The fourth-order valence-electron chi connectivity index (χ4n) is 2.93. The Kier molecular flexibility index (Phi) is 6.90. The summed E-state index contributed by atoms with van der Waals surface area (Å²) in [5.41, 5.74) is 1.97. The first-order chi connectivity index (χ1) is 13.2. The number of sulfonamides is 1. The summed E-state index contributed by atoms with van der Waals surface area (Å²) in [4.78, 5) is 12.8. The molecule has 1 atom stereocenters. The molecule has 0 saturated heterocycles. The Morgan fingerprint density at radius 3 is 2.36 bits per heavy atom. The van der Waals surface area contributed by atoms with Crippen molar-refractivity contribution in [2.45, 2.75) is 26.4 Å². The van der Waals surface area contributed by atoms with E-state index in [1.807, 2.05) is 31.2 Å². The van der Waals surface area contributed by atoms with Crippen molar-refractivity contribution in [3.05, 3.63) is 53.6 Å². The van der Waals surface area contributed by atoms with Crippen LogP contribution in [0.4, 0.5) is 5.69 Å². The molecule has 2 rings (SSSR count). The number of para-hydroxylation sites is 1. The van der Waals surface area contributed by atoms with E-state index in [-0.39, 0.29) is 6.54 Å². The first kappa shape index (κ1) is 21.6. The van der Waals surface area contributed by atoms with Gasteiger partial charge in [0.25, 0.3) is 0 Å². The molecular formula is C20H26N2O5S. The van der Waals surface area contributed by atoms with Crippen LogP contribution in [0.15, 0.2) is 42.5 Å². The third kappa shape index (κ3) is 4.95. The summed E-state index contributed by atoms with van der Waals surface area (Å²) in [6, 6.07) is 11.5. The van der Waals surface area contributed by atoms with E-state index in [1.165, 1.54) is 7.11 Å². The number of nitrogens with one attached hydrogen (secondary N) is 1. The summed E-state index contributed by atoms with van der Waals surface area (Å²) in [5.74, 6) is 0.594. The number of ether oxygens (including phenoxy) is 2. The number of anilines is 1. The van der Waals surface area contributed by atoms with Crippen molar-refractivity contribution in [2.24, 2.45) is 0 Å². The monoisotopic (exact) mass is 406 g/mol. The van der Waals surface area contributed by atoms with Crippen molar-refractivity contribution in [1.82, 2.24) is 5.32 Å². The molecule has 152 valence electrons.